The van der Waals surface area contributed by atoms with E-state index in [1.165, 1.54) is 25.0 Å². The lowest BCUT2D eigenvalue weighted by Gasteiger charge is -2.11. The van der Waals surface area contributed by atoms with Gasteiger partial charge < -0.3 is 4.57 Å². The molecule has 1 aliphatic carbocycles. The SMILES string of the molecule is Cc1c(C=O)c(C(Cl)=CCc2ccc(F)cc2F)n(CC2CC2)c1C. The number of aromatic nitrogens is 1. The Morgan fingerprint density at radius 1 is 1.32 bits per heavy atom. The number of hydrogen-bond donors (Lipinski definition) is 0. The highest BCUT2D eigenvalue weighted by Gasteiger charge is 2.26. The van der Waals surface area contributed by atoms with Crippen LogP contribution in [0.3, 0.4) is 0 Å². The zero-order valence-electron chi connectivity index (χ0n) is 14.3. The predicted molar refractivity (Wildman–Crippen MR) is 95.9 cm³/mol. The van der Waals surface area contributed by atoms with Crippen LogP contribution < -0.4 is 0 Å². The Morgan fingerprint density at radius 2 is 2.04 bits per heavy atom. The lowest BCUT2D eigenvalue weighted by atomic mass is 10.1. The fourth-order valence-electron chi connectivity index (χ4n) is 3.06. The summed E-state index contributed by atoms with van der Waals surface area (Å²) < 4.78 is 28.9. The normalized spacial score (nSPS) is 14.8. The van der Waals surface area contributed by atoms with Crippen molar-refractivity contribution in [3.8, 4) is 0 Å². The number of rotatable bonds is 6. The molecule has 2 nitrogen and oxygen atoms in total. The van der Waals surface area contributed by atoms with Gasteiger partial charge in [0.2, 0.25) is 0 Å². The fourth-order valence-corrected chi connectivity index (χ4v) is 3.34. The standard InChI is InChI=1S/C20H20ClF2NO/c1-12-13(2)24(10-14-3-4-14)20(17(12)11-25)18(21)8-6-15-5-7-16(22)9-19(15)23/h5,7-9,11,14H,3-4,6,10H2,1-2H3. The lowest BCUT2D eigenvalue weighted by Crippen LogP contribution is -2.06. The molecule has 0 saturated heterocycles. The summed E-state index contributed by atoms with van der Waals surface area (Å²) in [6.45, 7) is 4.73. The van der Waals surface area contributed by atoms with Crippen molar-refractivity contribution >= 4 is 22.9 Å². The molecule has 1 heterocycles. The first-order valence-corrected chi connectivity index (χ1v) is 8.75. The predicted octanol–water partition coefficient (Wildman–Crippen LogP) is 5.43. The number of carbonyl (C=O) groups excluding carboxylic acids is 1. The van der Waals surface area contributed by atoms with Gasteiger partial charge in [0.15, 0.2) is 6.29 Å². The average molecular weight is 364 g/mol. The maximum Gasteiger partial charge on any atom is 0.152 e. The van der Waals surface area contributed by atoms with Crippen LogP contribution in [0.5, 0.6) is 0 Å². The molecule has 0 N–H and O–H groups in total. The molecule has 2 aromatic rings. The van der Waals surface area contributed by atoms with Crippen LogP contribution in [0.4, 0.5) is 8.78 Å². The maximum absolute atomic E-state index is 13.8. The monoisotopic (exact) mass is 363 g/mol. The molecule has 25 heavy (non-hydrogen) atoms. The summed E-state index contributed by atoms with van der Waals surface area (Å²) in [5.41, 5.74) is 3.59. The van der Waals surface area contributed by atoms with E-state index in [0.29, 0.717) is 27.8 Å². The van der Waals surface area contributed by atoms with Gasteiger partial charge >= 0.3 is 0 Å². The molecule has 3 rings (SSSR count). The molecule has 1 aromatic carbocycles. The largest absolute Gasteiger partial charge is 0.343 e. The summed E-state index contributed by atoms with van der Waals surface area (Å²) in [7, 11) is 0. The van der Waals surface area contributed by atoms with Crippen molar-refractivity contribution in [1.29, 1.82) is 0 Å². The van der Waals surface area contributed by atoms with E-state index in [1.807, 2.05) is 13.8 Å². The lowest BCUT2D eigenvalue weighted by molar-refractivity contribution is 0.112. The first kappa shape index (κ1) is 17.9. The van der Waals surface area contributed by atoms with Crippen molar-refractivity contribution in [2.24, 2.45) is 5.92 Å². The quantitative estimate of drug-likeness (QED) is 0.627. The van der Waals surface area contributed by atoms with E-state index in [9.17, 15) is 13.6 Å². The minimum Gasteiger partial charge on any atom is -0.343 e. The maximum atomic E-state index is 13.8. The first-order valence-electron chi connectivity index (χ1n) is 8.37. The Labute approximate surface area is 151 Å². The number of aldehydes is 1. The number of halogens is 3. The van der Waals surface area contributed by atoms with Gasteiger partial charge in [0.25, 0.3) is 0 Å². The second-order valence-corrected chi connectivity index (χ2v) is 7.04. The molecule has 0 radical (unpaired) electrons. The highest BCUT2D eigenvalue weighted by atomic mass is 35.5. The molecular weight excluding hydrogens is 344 g/mol. The van der Waals surface area contributed by atoms with Gasteiger partial charge in [-0.3, -0.25) is 4.79 Å². The molecule has 1 aliphatic rings. The molecule has 0 spiro atoms. The van der Waals surface area contributed by atoms with E-state index >= 15 is 0 Å². The minimum absolute atomic E-state index is 0.232. The molecule has 5 heteroatoms. The smallest absolute Gasteiger partial charge is 0.152 e. The van der Waals surface area contributed by atoms with Crippen LogP contribution in [-0.4, -0.2) is 10.9 Å². The summed E-state index contributed by atoms with van der Waals surface area (Å²) in [5.74, 6) is -0.580. The Hall–Kier alpha value is -1.94. The van der Waals surface area contributed by atoms with Gasteiger partial charge in [-0.1, -0.05) is 23.7 Å². The summed E-state index contributed by atoms with van der Waals surface area (Å²) >= 11 is 6.50. The topological polar surface area (TPSA) is 22.0 Å². The van der Waals surface area contributed by atoms with Crippen molar-refractivity contribution in [1.82, 2.24) is 4.57 Å². The van der Waals surface area contributed by atoms with Crippen LogP contribution in [0.2, 0.25) is 0 Å². The van der Waals surface area contributed by atoms with E-state index in [0.717, 1.165) is 30.2 Å². The second kappa shape index (κ2) is 7.12. The van der Waals surface area contributed by atoms with Crippen LogP contribution in [-0.2, 0) is 13.0 Å². The summed E-state index contributed by atoms with van der Waals surface area (Å²) in [4.78, 5) is 11.6. The third-order valence-corrected chi connectivity index (χ3v) is 5.21. The highest BCUT2D eigenvalue weighted by molar-refractivity contribution is 6.49. The summed E-state index contributed by atoms with van der Waals surface area (Å²) in [5, 5.41) is 0.419. The van der Waals surface area contributed by atoms with Crippen molar-refractivity contribution in [2.45, 2.75) is 39.7 Å². The minimum atomic E-state index is -0.607. The zero-order valence-corrected chi connectivity index (χ0v) is 15.0. The summed E-state index contributed by atoms with van der Waals surface area (Å²) in [6.07, 6.45) is 5.12. The molecule has 1 saturated carbocycles. The summed E-state index contributed by atoms with van der Waals surface area (Å²) in [6, 6.07) is 3.49. The third kappa shape index (κ3) is 3.69. The van der Waals surface area contributed by atoms with Crippen LogP contribution in [0.1, 0.15) is 45.7 Å². The molecule has 0 atom stereocenters. The number of hydrogen-bond acceptors (Lipinski definition) is 1. The van der Waals surface area contributed by atoms with Gasteiger partial charge in [0.05, 0.1) is 10.7 Å². The van der Waals surface area contributed by atoms with Gasteiger partial charge in [-0.15, -0.1) is 0 Å². The number of allylic oxidation sites excluding steroid dienone is 1. The Bertz CT molecular complexity index is 850. The molecule has 0 aliphatic heterocycles. The molecule has 1 aromatic heterocycles. The molecule has 0 unspecified atom stereocenters. The first-order chi connectivity index (χ1) is 11.9. The fraction of sp³-hybridized carbons (Fsp3) is 0.350. The van der Waals surface area contributed by atoms with E-state index < -0.39 is 11.6 Å². The van der Waals surface area contributed by atoms with Crippen LogP contribution in [0.25, 0.3) is 5.03 Å². The van der Waals surface area contributed by atoms with Crippen molar-refractivity contribution in [3.05, 3.63) is 64.0 Å². The van der Waals surface area contributed by atoms with Crippen molar-refractivity contribution in [2.75, 3.05) is 0 Å². The number of nitrogens with zero attached hydrogens (tertiary/aromatic N) is 1. The Morgan fingerprint density at radius 3 is 2.64 bits per heavy atom. The van der Waals surface area contributed by atoms with Crippen molar-refractivity contribution in [3.63, 3.8) is 0 Å². The molecule has 1 fully saturated rings. The van der Waals surface area contributed by atoms with Gasteiger partial charge in [-0.25, -0.2) is 8.78 Å². The van der Waals surface area contributed by atoms with E-state index in [2.05, 4.69) is 4.57 Å². The van der Waals surface area contributed by atoms with Gasteiger partial charge in [-0.05, 0) is 56.2 Å². The van der Waals surface area contributed by atoms with Crippen LogP contribution in [0.15, 0.2) is 24.3 Å². The average Bonchev–Trinajstić information content (AvgIpc) is 3.36. The molecule has 0 bridgehead atoms. The van der Waals surface area contributed by atoms with Gasteiger partial charge in [0, 0.05) is 23.9 Å². The van der Waals surface area contributed by atoms with E-state index in [-0.39, 0.29) is 6.42 Å². The van der Waals surface area contributed by atoms with E-state index in [1.54, 1.807) is 6.08 Å². The van der Waals surface area contributed by atoms with Crippen LogP contribution >= 0.6 is 11.6 Å². The third-order valence-electron chi connectivity index (χ3n) is 4.87. The molecular formula is C20H20ClF2NO. The van der Waals surface area contributed by atoms with Crippen LogP contribution in [0, 0.1) is 31.4 Å². The number of carbonyl (C=O) groups is 1. The number of benzene rings is 1. The van der Waals surface area contributed by atoms with E-state index in [4.69, 9.17) is 11.6 Å². The molecule has 0 amide bonds. The molecule has 132 valence electrons. The highest BCUT2D eigenvalue weighted by Crippen LogP contribution is 2.36. The Balaban J connectivity index is 1.95. The second-order valence-electron chi connectivity index (χ2n) is 6.64. The van der Waals surface area contributed by atoms with Crippen molar-refractivity contribution < 1.29 is 13.6 Å². The van der Waals surface area contributed by atoms with Gasteiger partial charge in [-0.2, -0.15) is 0 Å². The zero-order chi connectivity index (χ0) is 18.1. The Kier molecular flexibility index (Phi) is 5.09. The van der Waals surface area contributed by atoms with Gasteiger partial charge in [0.1, 0.15) is 11.6 Å².